The molecule has 1 saturated heterocycles. The number of rotatable bonds is 4. The van der Waals surface area contributed by atoms with Crippen LogP contribution in [0.15, 0.2) is 18.2 Å². The van der Waals surface area contributed by atoms with Crippen LogP contribution in [0.5, 0.6) is 0 Å². The summed E-state index contributed by atoms with van der Waals surface area (Å²) >= 11 is 6.08. The summed E-state index contributed by atoms with van der Waals surface area (Å²) in [4.78, 5) is 14.8. The van der Waals surface area contributed by atoms with Crippen molar-refractivity contribution in [3.8, 4) is 0 Å². The largest absolute Gasteiger partial charge is 0.385 e. The molecule has 1 aliphatic heterocycles. The third-order valence-corrected chi connectivity index (χ3v) is 4.53. The average Bonchev–Trinajstić information content (AvgIpc) is 2.74. The highest BCUT2D eigenvalue weighted by atomic mass is 35.5. The molecule has 2 rings (SSSR count). The molecular weight excluding hydrogens is 284 g/mol. The number of carbonyl (C=O) groups excluding carboxylic acids is 1. The van der Waals surface area contributed by atoms with E-state index in [1.165, 1.54) is 12.8 Å². The van der Waals surface area contributed by atoms with Crippen LogP contribution < -0.4 is 5.32 Å². The van der Waals surface area contributed by atoms with E-state index < -0.39 is 0 Å². The second-order valence-electron chi connectivity index (χ2n) is 5.72. The highest BCUT2D eigenvalue weighted by Gasteiger charge is 2.22. The summed E-state index contributed by atoms with van der Waals surface area (Å²) in [7, 11) is 0. The smallest absolute Gasteiger partial charge is 0.256 e. The second kappa shape index (κ2) is 7.69. The minimum Gasteiger partial charge on any atom is -0.385 e. The SMILES string of the molecule is CCNc1ccc(Cl)cc1C(=O)N1CCCC(CC)CC1. The van der Waals surface area contributed by atoms with Crippen molar-refractivity contribution < 1.29 is 4.79 Å². The zero-order valence-electron chi connectivity index (χ0n) is 13.0. The van der Waals surface area contributed by atoms with Gasteiger partial charge in [0.15, 0.2) is 0 Å². The molecule has 4 heteroatoms. The van der Waals surface area contributed by atoms with Crippen LogP contribution in [0.25, 0.3) is 0 Å². The van der Waals surface area contributed by atoms with Gasteiger partial charge in [0, 0.05) is 30.3 Å². The van der Waals surface area contributed by atoms with E-state index in [2.05, 4.69) is 12.2 Å². The van der Waals surface area contributed by atoms with Gasteiger partial charge in [-0.1, -0.05) is 24.9 Å². The lowest BCUT2D eigenvalue weighted by Gasteiger charge is -2.22. The molecule has 3 nitrogen and oxygen atoms in total. The minimum atomic E-state index is 0.102. The predicted molar refractivity (Wildman–Crippen MR) is 89.2 cm³/mol. The van der Waals surface area contributed by atoms with Crippen LogP contribution in [0, 0.1) is 5.92 Å². The summed E-state index contributed by atoms with van der Waals surface area (Å²) in [6.45, 7) is 6.77. The van der Waals surface area contributed by atoms with Gasteiger partial charge in [-0.3, -0.25) is 4.79 Å². The Morgan fingerprint density at radius 1 is 1.33 bits per heavy atom. The zero-order valence-corrected chi connectivity index (χ0v) is 13.7. The molecule has 0 spiro atoms. The van der Waals surface area contributed by atoms with Crippen LogP contribution >= 0.6 is 11.6 Å². The molecule has 1 unspecified atom stereocenters. The summed E-state index contributed by atoms with van der Waals surface area (Å²) in [5.74, 6) is 0.862. The number of nitrogens with zero attached hydrogens (tertiary/aromatic N) is 1. The molecule has 0 aromatic heterocycles. The van der Waals surface area contributed by atoms with Gasteiger partial charge in [0.25, 0.3) is 5.91 Å². The third-order valence-electron chi connectivity index (χ3n) is 4.29. The Bertz CT molecular complexity index is 490. The molecule has 1 N–H and O–H groups in total. The van der Waals surface area contributed by atoms with Crippen molar-refractivity contribution in [2.45, 2.75) is 39.5 Å². The van der Waals surface area contributed by atoms with E-state index in [0.29, 0.717) is 10.6 Å². The van der Waals surface area contributed by atoms with Gasteiger partial charge in [0.1, 0.15) is 0 Å². The number of anilines is 1. The Hall–Kier alpha value is -1.22. The Labute approximate surface area is 132 Å². The standard InChI is InChI=1S/C17H25ClN2O/c1-3-13-6-5-10-20(11-9-13)17(21)15-12-14(18)7-8-16(15)19-4-2/h7-8,12-13,19H,3-6,9-11H2,1-2H3. The Balaban J connectivity index is 2.17. The van der Waals surface area contributed by atoms with Crippen LogP contribution in [0.1, 0.15) is 49.9 Å². The van der Waals surface area contributed by atoms with Gasteiger partial charge in [0.2, 0.25) is 0 Å². The molecule has 116 valence electrons. The van der Waals surface area contributed by atoms with Crippen molar-refractivity contribution in [3.05, 3.63) is 28.8 Å². The molecule has 21 heavy (non-hydrogen) atoms. The number of hydrogen-bond acceptors (Lipinski definition) is 2. The summed E-state index contributed by atoms with van der Waals surface area (Å²) in [5, 5.41) is 3.87. The quantitative estimate of drug-likeness (QED) is 0.892. The molecule has 1 fully saturated rings. The maximum Gasteiger partial charge on any atom is 0.256 e. The van der Waals surface area contributed by atoms with Crippen molar-refractivity contribution in [1.82, 2.24) is 4.90 Å². The molecule has 0 radical (unpaired) electrons. The fourth-order valence-corrected chi connectivity index (χ4v) is 3.16. The lowest BCUT2D eigenvalue weighted by Crippen LogP contribution is -2.32. The zero-order chi connectivity index (χ0) is 15.2. The Morgan fingerprint density at radius 3 is 2.86 bits per heavy atom. The fraction of sp³-hybridized carbons (Fsp3) is 0.588. The number of benzene rings is 1. The molecule has 0 saturated carbocycles. The van der Waals surface area contributed by atoms with Gasteiger partial charge in [-0.25, -0.2) is 0 Å². The molecule has 0 aliphatic carbocycles. The van der Waals surface area contributed by atoms with Crippen LogP contribution in [-0.2, 0) is 0 Å². The number of likely N-dealkylation sites (tertiary alicyclic amines) is 1. The van der Waals surface area contributed by atoms with E-state index in [4.69, 9.17) is 11.6 Å². The van der Waals surface area contributed by atoms with Gasteiger partial charge < -0.3 is 10.2 Å². The first-order chi connectivity index (χ1) is 10.2. The minimum absolute atomic E-state index is 0.102. The molecule has 0 bridgehead atoms. The van der Waals surface area contributed by atoms with E-state index in [9.17, 15) is 4.79 Å². The first kappa shape index (κ1) is 16.2. The summed E-state index contributed by atoms with van der Waals surface area (Å²) in [6.07, 6.45) is 4.65. The van der Waals surface area contributed by atoms with E-state index >= 15 is 0 Å². The Kier molecular flexibility index (Phi) is 5.92. The number of halogens is 1. The van der Waals surface area contributed by atoms with E-state index in [-0.39, 0.29) is 5.91 Å². The first-order valence-corrected chi connectivity index (χ1v) is 8.36. The maximum absolute atomic E-state index is 12.8. The lowest BCUT2D eigenvalue weighted by atomic mass is 9.98. The van der Waals surface area contributed by atoms with Crippen LogP contribution in [0.4, 0.5) is 5.69 Å². The number of hydrogen-bond donors (Lipinski definition) is 1. The molecular formula is C17H25ClN2O. The highest BCUT2D eigenvalue weighted by molar-refractivity contribution is 6.31. The van der Waals surface area contributed by atoms with E-state index in [1.54, 1.807) is 6.07 Å². The molecule has 1 aliphatic rings. The number of amides is 1. The second-order valence-corrected chi connectivity index (χ2v) is 6.15. The number of carbonyl (C=O) groups is 1. The van der Waals surface area contributed by atoms with Crippen molar-refractivity contribution in [2.75, 3.05) is 25.0 Å². The molecule has 1 amide bonds. The van der Waals surface area contributed by atoms with Crippen LogP contribution in [0.3, 0.4) is 0 Å². The first-order valence-electron chi connectivity index (χ1n) is 7.98. The summed E-state index contributed by atoms with van der Waals surface area (Å²) in [5.41, 5.74) is 1.57. The van der Waals surface area contributed by atoms with Gasteiger partial charge in [-0.05, 0) is 50.3 Å². The van der Waals surface area contributed by atoms with Gasteiger partial charge in [-0.15, -0.1) is 0 Å². The Morgan fingerprint density at radius 2 is 2.14 bits per heavy atom. The van der Waals surface area contributed by atoms with E-state index in [0.717, 1.165) is 44.1 Å². The van der Waals surface area contributed by atoms with E-state index in [1.807, 2.05) is 24.0 Å². The highest BCUT2D eigenvalue weighted by Crippen LogP contribution is 2.25. The van der Waals surface area contributed by atoms with Gasteiger partial charge in [0.05, 0.1) is 5.56 Å². The van der Waals surface area contributed by atoms with Crippen molar-refractivity contribution in [2.24, 2.45) is 5.92 Å². The van der Waals surface area contributed by atoms with Crippen molar-refractivity contribution in [3.63, 3.8) is 0 Å². The maximum atomic E-state index is 12.8. The fourth-order valence-electron chi connectivity index (χ4n) is 2.99. The third kappa shape index (κ3) is 4.13. The lowest BCUT2D eigenvalue weighted by molar-refractivity contribution is 0.0761. The monoisotopic (exact) mass is 308 g/mol. The molecule has 1 aromatic carbocycles. The topological polar surface area (TPSA) is 32.3 Å². The number of nitrogens with one attached hydrogen (secondary N) is 1. The molecule has 1 heterocycles. The molecule has 1 atom stereocenters. The van der Waals surface area contributed by atoms with Crippen LogP contribution in [0.2, 0.25) is 5.02 Å². The van der Waals surface area contributed by atoms with Gasteiger partial charge >= 0.3 is 0 Å². The summed E-state index contributed by atoms with van der Waals surface area (Å²) < 4.78 is 0. The average molecular weight is 309 g/mol. The van der Waals surface area contributed by atoms with Gasteiger partial charge in [-0.2, -0.15) is 0 Å². The van der Waals surface area contributed by atoms with Crippen LogP contribution in [-0.4, -0.2) is 30.4 Å². The van der Waals surface area contributed by atoms with Crippen molar-refractivity contribution in [1.29, 1.82) is 0 Å². The predicted octanol–water partition coefficient (Wildman–Crippen LogP) is 4.42. The summed E-state index contributed by atoms with van der Waals surface area (Å²) in [6, 6.07) is 5.50. The normalized spacial score (nSPS) is 19.2. The molecule has 1 aromatic rings. The van der Waals surface area contributed by atoms with Crippen molar-refractivity contribution >= 4 is 23.2 Å².